The van der Waals surface area contributed by atoms with Gasteiger partial charge in [0.1, 0.15) is 5.82 Å². The lowest BCUT2D eigenvalue weighted by molar-refractivity contribution is -0.136. The third-order valence-electron chi connectivity index (χ3n) is 5.55. The lowest BCUT2D eigenvalue weighted by Crippen LogP contribution is -2.45. The minimum absolute atomic E-state index is 0.0601. The van der Waals surface area contributed by atoms with E-state index in [4.69, 9.17) is 0 Å². The van der Waals surface area contributed by atoms with Gasteiger partial charge < -0.3 is 10.6 Å². The van der Waals surface area contributed by atoms with Crippen molar-refractivity contribution in [2.75, 3.05) is 18.4 Å². The van der Waals surface area contributed by atoms with Crippen molar-refractivity contribution in [3.63, 3.8) is 0 Å². The number of anilines is 1. The van der Waals surface area contributed by atoms with Gasteiger partial charge in [-0.25, -0.2) is 12.8 Å². The zero-order chi connectivity index (χ0) is 23.3. The number of nitrogens with one attached hydrogen (secondary N) is 2. The quantitative estimate of drug-likeness (QED) is 0.646. The minimum atomic E-state index is -3.79. The van der Waals surface area contributed by atoms with Crippen LogP contribution in [-0.2, 0) is 19.6 Å². The number of carbonyl (C=O) groups excluding carboxylic acids is 2. The van der Waals surface area contributed by atoms with Crippen molar-refractivity contribution < 1.29 is 22.4 Å². The summed E-state index contributed by atoms with van der Waals surface area (Å²) in [5.74, 6) is -2.00. The topological polar surface area (TPSA) is 95.6 Å². The standard InChI is InChI=1S/C23H28FN3O4S/c1-16-6-5-7-18(14-16)26-23(29)22(28)25-12-11-19-8-3-4-13-27(19)32(30,31)20-9-10-21(24)17(2)15-20/h5-7,9-10,14-15,19H,3-4,8,11-13H2,1-2H3,(H,25,28)(H,26,29)/t19-/m1/s1. The lowest BCUT2D eigenvalue weighted by atomic mass is 10.0. The van der Waals surface area contributed by atoms with Gasteiger partial charge in [0.05, 0.1) is 4.90 Å². The Kier molecular flexibility index (Phi) is 7.63. The fraction of sp³-hybridized carbons (Fsp3) is 0.391. The maximum atomic E-state index is 13.6. The second-order valence-electron chi connectivity index (χ2n) is 8.04. The molecule has 2 amide bonds. The van der Waals surface area contributed by atoms with Gasteiger partial charge in [-0.2, -0.15) is 4.31 Å². The maximum Gasteiger partial charge on any atom is 0.313 e. The first-order valence-electron chi connectivity index (χ1n) is 10.6. The summed E-state index contributed by atoms with van der Waals surface area (Å²) in [5.41, 5.74) is 1.76. The van der Waals surface area contributed by atoms with E-state index >= 15 is 0 Å². The van der Waals surface area contributed by atoms with Crippen LogP contribution in [0.25, 0.3) is 0 Å². The van der Waals surface area contributed by atoms with Crippen LogP contribution in [0.1, 0.15) is 36.8 Å². The molecular weight excluding hydrogens is 433 g/mol. The number of rotatable bonds is 6. The fourth-order valence-electron chi connectivity index (χ4n) is 3.84. The van der Waals surface area contributed by atoms with Crippen LogP contribution in [0.15, 0.2) is 47.4 Å². The number of halogens is 1. The van der Waals surface area contributed by atoms with Crippen molar-refractivity contribution in [2.45, 2.75) is 50.5 Å². The molecule has 1 saturated heterocycles. The number of aryl methyl sites for hydroxylation is 2. The first-order chi connectivity index (χ1) is 15.2. The Balaban J connectivity index is 1.60. The molecule has 9 heteroatoms. The van der Waals surface area contributed by atoms with Crippen molar-refractivity contribution in [3.05, 3.63) is 59.4 Å². The second kappa shape index (κ2) is 10.2. The van der Waals surface area contributed by atoms with E-state index in [1.165, 1.54) is 23.4 Å². The summed E-state index contributed by atoms with van der Waals surface area (Å²) in [6.45, 7) is 3.94. The van der Waals surface area contributed by atoms with Gasteiger partial charge in [-0.15, -0.1) is 0 Å². The van der Waals surface area contributed by atoms with Crippen molar-refractivity contribution in [2.24, 2.45) is 0 Å². The SMILES string of the molecule is Cc1cccc(NC(=O)C(=O)NCC[C@H]2CCCCN2S(=O)(=O)c2ccc(F)c(C)c2)c1. The zero-order valence-corrected chi connectivity index (χ0v) is 19.0. The number of amides is 2. The van der Waals surface area contributed by atoms with Crippen LogP contribution in [0.5, 0.6) is 0 Å². The Morgan fingerprint density at radius 3 is 2.59 bits per heavy atom. The van der Waals surface area contributed by atoms with Gasteiger partial charge in [-0.05, 0) is 74.6 Å². The number of benzene rings is 2. The summed E-state index contributed by atoms with van der Waals surface area (Å²) in [6.07, 6.45) is 2.65. The molecule has 0 radical (unpaired) electrons. The molecule has 32 heavy (non-hydrogen) atoms. The predicted octanol–water partition coefficient (Wildman–Crippen LogP) is 3.13. The van der Waals surface area contributed by atoms with Crippen molar-refractivity contribution in [1.29, 1.82) is 0 Å². The molecule has 7 nitrogen and oxygen atoms in total. The predicted molar refractivity (Wildman–Crippen MR) is 120 cm³/mol. The largest absolute Gasteiger partial charge is 0.348 e. The molecule has 1 aliphatic heterocycles. The first kappa shape index (κ1) is 23.9. The van der Waals surface area contributed by atoms with Gasteiger partial charge in [-0.1, -0.05) is 18.6 Å². The molecule has 1 aliphatic rings. The van der Waals surface area contributed by atoms with Crippen molar-refractivity contribution in [3.8, 4) is 0 Å². The molecule has 0 saturated carbocycles. The van der Waals surface area contributed by atoms with E-state index in [1.54, 1.807) is 18.2 Å². The Morgan fingerprint density at radius 2 is 1.88 bits per heavy atom. The third-order valence-corrected chi connectivity index (χ3v) is 7.50. The number of carbonyl (C=O) groups is 2. The minimum Gasteiger partial charge on any atom is -0.348 e. The van der Waals surface area contributed by atoms with E-state index in [-0.39, 0.29) is 23.0 Å². The Hall–Kier alpha value is -2.78. The number of sulfonamides is 1. The molecule has 1 heterocycles. The first-order valence-corrected chi connectivity index (χ1v) is 12.1. The summed E-state index contributed by atoms with van der Waals surface area (Å²) >= 11 is 0. The highest BCUT2D eigenvalue weighted by molar-refractivity contribution is 7.89. The second-order valence-corrected chi connectivity index (χ2v) is 9.94. The summed E-state index contributed by atoms with van der Waals surface area (Å²) in [6, 6.07) is 10.6. The number of hydrogen-bond acceptors (Lipinski definition) is 4. The Labute approximate surface area is 188 Å². The highest BCUT2D eigenvalue weighted by Gasteiger charge is 2.33. The maximum absolute atomic E-state index is 13.6. The van der Waals surface area contributed by atoms with E-state index in [1.807, 2.05) is 13.0 Å². The zero-order valence-electron chi connectivity index (χ0n) is 18.2. The molecule has 0 aromatic heterocycles. The summed E-state index contributed by atoms with van der Waals surface area (Å²) in [5, 5.41) is 5.12. The molecule has 2 aromatic carbocycles. The number of nitrogens with zero attached hydrogens (tertiary/aromatic N) is 1. The molecule has 172 valence electrons. The monoisotopic (exact) mass is 461 g/mol. The van der Waals surface area contributed by atoms with Crippen LogP contribution in [0.3, 0.4) is 0 Å². The lowest BCUT2D eigenvalue weighted by Gasteiger charge is -2.34. The van der Waals surface area contributed by atoms with Gasteiger partial charge in [0.25, 0.3) is 0 Å². The van der Waals surface area contributed by atoms with Crippen LogP contribution in [-0.4, -0.2) is 43.7 Å². The van der Waals surface area contributed by atoms with E-state index in [0.717, 1.165) is 24.5 Å². The summed E-state index contributed by atoms with van der Waals surface area (Å²) in [7, 11) is -3.79. The van der Waals surface area contributed by atoms with E-state index in [9.17, 15) is 22.4 Å². The number of hydrogen-bond donors (Lipinski definition) is 2. The molecule has 3 rings (SSSR count). The molecule has 0 aliphatic carbocycles. The molecule has 0 bridgehead atoms. The smallest absolute Gasteiger partial charge is 0.313 e. The average molecular weight is 462 g/mol. The molecule has 2 aromatic rings. The van der Waals surface area contributed by atoms with Crippen molar-refractivity contribution >= 4 is 27.5 Å². The number of piperidine rings is 1. The fourth-order valence-corrected chi connectivity index (χ4v) is 5.64. The third kappa shape index (κ3) is 5.72. The van der Waals surface area contributed by atoms with Crippen LogP contribution in [0.2, 0.25) is 0 Å². The molecule has 1 atom stereocenters. The van der Waals surface area contributed by atoms with Gasteiger partial charge in [0, 0.05) is 24.8 Å². The van der Waals surface area contributed by atoms with Crippen LogP contribution in [0.4, 0.5) is 10.1 Å². The van der Waals surface area contributed by atoms with Gasteiger partial charge >= 0.3 is 11.8 Å². The van der Waals surface area contributed by atoms with Gasteiger partial charge in [0.15, 0.2) is 0 Å². The molecule has 0 spiro atoms. The van der Waals surface area contributed by atoms with E-state index in [2.05, 4.69) is 10.6 Å². The van der Waals surface area contributed by atoms with E-state index in [0.29, 0.717) is 25.1 Å². The molecule has 0 unspecified atom stereocenters. The van der Waals surface area contributed by atoms with Crippen LogP contribution >= 0.6 is 0 Å². The Bertz CT molecular complexity index is 1100. The Morgan fingerprint density at radius 1 is 1.09 bits per heavy atom. The highest BCUT2D eigenvalue weighted by atomic mass is 32.2. The molecule has 1 fully saturated rings. The van der Waals surface area contributed by atoms with E-state index < -0.39 is 27.7 Å². The van der Waals surface area contributed by atoms with Gasteiger partial charge in [-0.3, -0.25) is 9.59 Å². The van der Waals surface area contributed by atoms with Crippen LogP contribution in [0, 0.1) is 19.7 Å². The summed E-state index contributed by atoms with van der Waals surface area (Å²) in [4.78, 5) is 24.3. The van der Waals surface area contributed by atoms with Crippen molar-refractivity contribution in [1.82, 2.24) is 9.62 Å². The average Bonchev–Trinajstić information content (AvgIpc) is 2.75. The summed E-state index contributed by atoms with van der Waals surface area (Å²) < 4.78 is 41.3. The molecule has 2 N–H and O–H groups in total. The highest BCUT2D eigenvalue weighted by Crippen LogP contribution is 2.27. The van der Waals surface area contributed by atoms with Gasteiger partial charge in [0.2, 0.25) is 10.0 Å². The molecular formula is C23H28FN3O4S. The van der Waals surface area contributed by atoms with Crippen LogP contribution < -0.4 is 10.6 Å². The normalized spacial score (nSPS) is 17.0.